The third-order valence-electron chi connectivity index (χ3n) is 2.80. The lowest BCUT2D eigenvalue weighted by Crippen LogP contribution is -2.31. The van der Waals surface area contributed by atoms with Gasteiger partial charge >= 0.3 is 0 Å². The number of nitrogens with one attached hydrogen (secondary N) is 1. The first kappa shape index (κ1) is 16.9. The van der Waals surface area contributed by atoms with Gasteiger partial charge in [0.25, 0.3) is 0 Å². The van der Waals surface area contributed by atoms with Crippen LogP contribution in [0, 0.1) is 6.92 Å². The lowest BCUT2D eigenvalue weighted by molar-refractivity contribution is 0.174. The molecule has 0 radical (unpaired) electrons. The van der Waals surface area contributed by atoms with Crippen molar-refractivity contribution in [3.05, 3.63) is 23.8 Å². The summed E-state index contributed by atoms with van der Waals surface area (Å²) in [5.41, 5.74) is 0.762. The quantitative estimate of drug-likeness (QED) is 0.805. The Morgan fingerprint density at radius 1 is 1.35 bits per heavy atom. The van der Waals surface area contributed by atoms with Crippen molar-refractivity contribution in [3.8, 4) is 5.75 Å². The molecule has 0 heterocycles. The largest absolute Gasteiger partial charge is 0.491 e. The Bertz CT molecular complexity index is 540. The van der Waals surface area contributed by atoms with Crippen LogP contribution in [-0.4, -0.2) is 32.3 Å². The van der Waals surface area contributed by atoms with Crippen LogP contribution in [0.15, 0.2) is 23.1 Å². The molecule has 0 saturated heterocycles. The van der Waals surface area contributed by atoms with Gasteiger partial charge in [-0.05, 0) is 51.0 Å². The number of aryl methyl sites for hydroxylation is 1. The first-order valence-corrected chi connectivity index (χ1v) is 8.19. The molecule has 1 aromatic carbocycles. The molecule has 5 nitrogen and oxygen atoms in total. The van der Waals surface area contributed by atoms with E-state index in [1.54, 1.807) is 26.0 Å². The molecule has 0 aliphatic carbocycles. The SMILES string of the molecule is CCC(O)CNS(=O)(=O)c1ccc(OC(C)C)c(C)c1. The second-order valence-electron chi connectivity index (χ2n) is 5.01. The van der Waals surface area contributed by atoms with Crippen molar-refractivity contribution in [1.82, 2.24) is 4.72 Å². The second-order valence-corrected chi connectivity index (χ2v) is 6.77. The molecule has 0 saturated carbocycles. The van der Waals surface area contributed by atoms with Gasteiger partial charge in [0.1, 0.15) is 5.75 Å². The normalized spacial score (nSPS) is 13.5. The van der Waals surface area contributed by atoms with Crippen LogP contribution < -0.4 is 9.46 Å². The minimum Gasteiger partial charge on any atom is -0.491 e. The summed E-state index contributed by atoms with van der Waals surface area (Å²) in [6, 6.07) is 4.73. The van der Waals surface area contributed by atoms with E-state index in [4.69, 9.17) is 4.74 Å². The fraction of sp³-hybridized carbons (Fsp3) is 0.571. The van der Waals surface area contributed by atoms with Crippen LogP contribution in [0.1, 0.15) is 32.8 Å². The zero-order valence-electron chi connectivity index (χ0n) is 12.4. The Labute approximate surface area is 121 Å². The summed E-state index contributed by atoms with van der Waals surface area (Å²) in [7, 11) is -3.60. The number of aliphatic hydroxyl groups is 1. The molecule has 1 unspecified atom stereocenters. The van der Waals surface area contributed by atoms with Gasteiger partial charge in [0.05, 0.1) is 17.1 Å². The summed E-state index contributed by atoms with van der Waals surface area (Å²) in [6.07, 6.45) is -0.133. The molecule has 0 fully saturated rings. The zero-order chi connectivity index (χ0) is 15.3. The maximum atomic E-state index is 12.1. The van der Waals surface area contributed by atoms with Gasteiger partial charge in [-0.3, -0.25) is 0 Å². The Hall–Kier alpha value is -1.11. The molecule has 0 spiro atoms. The van der Waals surface area contributed by atoms with Crippen molar-refractivity contribution in [1.29, 1.82) is 0 Å². The minimum atomic E-state index is -3.60. The highest BCUT2D eigenvalue weighted by Gasteiger charge is 2.16. The van der Waals surface area contributed by atoms with Crippen LogP contribution in [0.4, 0.5) is 0 Å². The fourth-order valence-corrected chi connectivity index (χ4v) is 2.77. The van der Waals surface area contributed by atoms with Gasteiger partial charge < -0.3 is 9.84 Å². The molecular weight excluding hydrogens is 278 g/mol. The van der Waals surface area contributed by atoms with Gasteiger partial charge in [0, 0.05) is 6.54 Å². The zero-order valence-corrected chi connectivity index (χ0v) is 13.2. The summed E-state index contributed by atoms with van der Waals surface area (Å²) < 4.78 is 32.1. The Balaban J connectivity index is 2.88. The third-order valence-corrected chi connectivity index (χ3v) is 4.22. The number of aliphatic hydroxyl groups excluding tert-OH is 1. The van der Waals surface area contributed by atoms with Gasteiger partial charge in [-0.25, -0.2) is 13.1 Å². The van der Waals surface area contributed by atoms with E-state index in [1.807, 2.05) is 13.8 Å². The lowest BCUT2D eigenvalue weighted by Gasteiger charge is -2.14. The first-order valence-electron chi connectivity index (χ1n) is 6.71. The van der Waals surface area contributed by atoms with Crippen molar-refractivity contribution in [2.24, 2.45) is 0 Å². The smallest absolute Gasteiger partial charge is 0.240 e. The van der Waals surface area contributed by atoms with Crippen molar-refractivity contribution < 1.29 is 18.3 Å². The van der Waals surface area contributed by atoms with E-state index in [2.05, 4.69) is 4.72 Å². The van der Waals surface area contributed by atoms with Crippen molar-refractivity contribution in [2.75, 3.05) is 6.54 Å². The van der Waals surface area contributed by atoms with Gasteiger partial charge in [0.15, 0.2) is 0 Å². The van der Waals surface area contributed by atoms with Crippen LogP contribution in [0.5, 0.6) is 5.75 Å². The maximum absolute atomic E-state index is 12.1. The molecule has 2 N–H and O–H groups in total. The number of hydrogen-bond acceptors (Lipinski definition) is 4. The number of hydrogen-bond donors (Lipinski definition) is 2. The number of benzene rings is 1. The molecule has 0 aromatic heterocycles. The highest BCUT2D eigenvalue weighted by Crippen LogP contribution is 2.22. The van der Waals surface area contributed by atoms with Gasteiger partial charge in [-0.15, -0.1) is 0 Å². The van der Waals surface area contributed by atoms with E-state index in [-0.39, 0.29) is 17.5 Å². The highest BCUT2D eigenvalue weighted by atomic mass is 32.2. The van der Waals surface area contributed by atoms with E-state index >= 15 is 0 Å². The van der Waals surface area contributed by atoms with E-state index in [0.717, 1.165) is 5.56 Å². The van der Waals surface area contributed by atoms with Crippen LogP contribution >= 0.6 is 0 Å². The molecule has 20 heavy (non-hydrogen) atoms. The Morgan fingerprint density at radius 3 is 2.50 bits per heavy atom. The molecule has 0 aliphatic rings. The fourth-order valence-electron chi connectivity index (χ4n) is 1.61. The Kier molecular flexibility index (Phi) is 5.98. The molecule has 1 aromatic rings. The van der Waals surface area contributed by atoms with Crippen LogP contribution in [-0.2, 0) is 10.0 Å². The van der Waals surface area contributed by atoms with Crippen molar-refractivity contribution in [2.45, 2.75) is 51.2 Å². The van der Waals surface area contributed by atoms with Crippen LogP contribution in [0.25, 0.3) is 0 Å². The third kappa shape index (κ3) is 4.77. The predicted octanol–water partition coefficient (Wildman–Crippen LogP) is 1.83. The maximum Gasteiger partial charge on any atom is 0.240 e. The molecule has 114 valence electrons. The Morgan fingerprint density at radius 2 is 2.00 bits per heavy atom. The van der Waals surface area contributed by atoms with Crippen molar-refractivity contribution in [3.63, 3.8) is 0 Å². The number of rotatable bonds is 7. The summed E-state index contributed by atoms with van der Waals surface area (Å²) >= 11 is 0. The molecule has 1 rings (SSSR count). The summed E-state index contributed by atoms with van der Waals surface area (Å²) in [6.45, 7) is 7.44. The van der Waals surface area contributed by atoms with Crippen LogP contribution in [0.2, 0.25) is 0 Å². The standard InChI is InChI=1S/C14H23NO4S/c1-5-12(16)9-15-20(17,18)13-6-7-14(11(4)8-13)19-10(2)3/h6-8,10,12,15-16H,5,9H2,1-4H3. The van der Waals surface area contributed by atoms with E-state index in [0.29, 0.717) is 12.2 Å². The van der Waals surface area contributed by atoms with Gasteiger partial charge in [-0.1, -0.05) is 6.92 Å². The highest BCUT2D eigenvalue weighted by molar-refractivity contribution is 7.89. The van der Waals surface area contributed by atoms with Gasteiger partial charge in [0.2, 0.25) is 10.0 Å². The number of sulfonamides is 1. The molecule has 1 atom stereocenters. The monoisotopic (exact) mass is 301 g/mol. The minimum absolute atomic E-state index is 0.0160. The lowest BCUT2D eigenvalue weighted by atomic mass is 10.2. The number of ether oxygens (including phenoxy) is 1. The summed E-state index contributed by atoms with van der Waals surface area (Å²) in [5.74, 6) is 0.674. The second kappa shape index (κ2) is 7.06. The molecule has 0 bridgehead atoms. The average Bonchev–Trinajstić information content (AvgIpc) is 2.37. The summed E-state index contributed by atoms with van der Waals surface area (Å²) in [4.78, 5) is 0.175. The van der Waals surface area contributed by atoms with Crippen LogP contribution in [0.3, 0.4) is 0 Å². The molecule has 6 heteroatoms. The molecule has 0 amide bonds. The first-order chi connectivity index (χ1) is 9.26. The van der Waals surface area contributed by atoms with E-state index in [9.17, 15) is 13.5 Å². The van der Waals surface area contributed by atoms with E-state index < -0.39 is 16.1 Å². The molecule has 0 aliphatic heterocycles. The molecular formula is C14H23NO4S. The predicted molar refractivity (Wildman–Crippen MR) is 78.4 cm³/mol. The van der Waals surface area contributed by atoms with Crippen molar-refractivity contribution >= 4 is 10.0 Å². The summed E-state index contributed by atoms with van der Waals surface area (Å²) in [5, 5.41) is 9.42. The van der Waals surface area contributed by atoms with E-state index in [1.165, 1.54) is 6.07 Å². The average molecular weight is 301 g/mol. The topological polar surface area (TPSA) is 75.6 Å². The van der Waals surface area contributed by atoms with Gasteiger partial charge in [-0.2, -0.15) is 0 Å².